The molecule has 1 N–H and O–H groups in total. The van der Waals surface area contributed by atoms with Crippen LogP contribution in [0.5, 0.6) is 11.6 Å². The number of aromatic nitrogens is 5. The Hall–Kier alpha value is -3.94. The van der Waals surface area contributed by atoms with Crippen LogP contribution in [0, 0.1) is 6.92 Å². The largest absolute Gasteiger partial charge is 0.494 e. The quantitative estimate of drug-likeness (QED) is 0.482. The molecule has 0 fully saturated rings. The number of rotatable bonds is 7. The van der Waals surface area contributed by atoms with Gasteiger partial charge in [0.1, 0.15) is 5.69 Å². The van der Waals surface area contributed by atoms with Crippen LogP contribution in [0.3, 0.4) is 0 Å². The van der Waals surface area contributed by atoms with Gasteiger partial charge in [-0.25, -0.2) is 9.97 Å². The third-order valence-electron chi connectivity index (χ3n) is 4.91. The maximum atomic E-state index is 5.58. The number of ether oxygens (including phenoxy) is 2. The van der Waals surface area contributed by atoms with E-state index in [-0.39, 0.29) is 6.04 Å². The summed E-state index contributed by atoms with van der Waals surface area (Å²) < 4.78 is 13.0. The molecule has 1 aromatic carbocycles. The number of aryl methyl sites for hydroxylation is 1. The van der Waals surface area contributed by atoms with E-state index in [0.29, 0.717) is 28.8 Å². The molecule has 4 rings (SSSR count). The molecule has 0 aliphatic carbocycles. The lowest BCUT2D eigenvalue weighted by Gasteiger charge is -2.16. The minimum Gasteiger partial charge on any atom is -0.494 e. The predicted molar refractivity (Wildman–Crippen MR) is 119 cm³/mol. The second-order valence-electron chi connectivity index (χ2n) is 7.07. The van der Waals surface area contributed by atoms with Gasteiger partial charge in [0.2, 0.25) is 5.88 Å². The average Bonchev–Trinajstić information content (AvgIpc) is 3.25. The highest BCUT2D eigenvalue weighted by molar-refractivity contribution is 5.66. The summed E-state index contributed by atoms with van der Waals surface area (Å²) in [6, 6.07) is 15.8. The number of pyridine rings is 1. The molecule has 3 heterocycles. The number of nitrogens with one attached hydrogen (secondary N) is 1. The third kappa shape index (κ3) is 4.32. The summed E-state index contributed by atoms with van der Waals surface area (Å²) in [4.78, 5) is 8.88. The van der Waals surface area contributed by atoms with Crippen molar-refractivity contribution >= 4 is 5.82 Å². The summed E-state index contributed by atoms with van der Waals surface area (Å²) in [5.41, 5.74) is 3.99. The maximum Gasteiger partial charge on any atom is 0.238 e. The van der Waals surface area contributed by atoms with Crippen LogP contribution >= 0.6 is 0 Å². The van der Waals surface area contributed by atoms with Gasteiger partial charge in [0.15, 0.2) is 17.3 Å². The van der Waals surface area contributed by atoms with Gasteiger partial charge in [0.25, 0.3) is 0 Å². The van der Waals surface area contributed by atoms with Crippen molar-refractivity contribution in [3.05, 3.63) is 72.3 Å². The van der Waals surface area contributed by atoms with Crippen molar-refractivity contribution in [1.29, 1.82) is 0 Å². The van der Waals surface area contributed by atoms with Crippen molar-refractivity contribution in [2.24, 2.45) is 0 Å². The Morgan fingerprint density at radius 1 is 1.00 bits per heavy atom. The zero-order chi connectivity index (χ0) is 21.8. The number of nitrogens with zero attached hydrogens (tertiary/aromatic N) is 5. The van der Waals surface area contributed by atoms with E-state index in [2.05, 4.69) is 44.5 Å². The van der Waals surface area contributed by atoms with Crippen LogP contribution in [-0.2, 0) is 0 Å². The van der Waals surface area contributed by atoms with E-state index in [1.165, 1.54) is 0 Å². The Labute approximate surface area is 180 Å². The number of anilines is 1. The van der Waals surface area contributed by atoms with Gasteiger partial charge in [-0.1, -0.05) is 30.3 Å². The number of hydrogen-bond donors (Lipinski definition) is 1. The molecule has 158 valence electrons. The van der Waals surface area contributed by atoms with E-state index < -0.39 is 0 Å². The van der Waals surface area contributed by atoms with E-state index in [9.17, 15) is 0 Å². The van der Waals surface area contributed by atoms with E-state index in [1.807, 2.05) is 54.1 Å². The fourth-order valence-electron chi connectivity index (χ4n) is 3.29. The zero-order valence-electron chi connectivity index (χ0n) is 17.9. The summed E-state index contributed by atoms with van der Waals surface area (Å²) in [6.45, 7) is 4.00. The number of benzene rings is 1. The van der Waals surface area contributed by atoms with Crippen molar-refractivity contribution in [2.45, 2.75) is 19.9 Å². The molecule has 31 heavy (non-hydrogen) atoms. The molecule has 0 saturated carbocycles. The third-order valence-corrected chi connectivity index (χ3v) is 4.91. The smallest absolute Gasteiger partial charge is 0.238 e. The van der Waals surface area contributed by atoms with Gasteiger partial charge in [0, 0.05) is 12.3 Å². The number of methoxy groups -OCH3 is 2. The van der Waals surface area contributed by atoms with Gasteiger partial charge in [-0.2, -0.15) is 0 Å². The molecule has 1 atom stereocenters. The summed E-state index contributed by atoms with van der Waals surface area (Å²) in [6.07, 6.45) is 3.64. The molecule has 4 aromatic rings. The monoisotopic (exact) mass is 416 g/mol. The lowest BCUT2D eigenvalue weighted by molar-refractivity contribution is 0.395. The van der Waals surface area contributed by atoms with Crippen LogP contribution in [0.2, 0.25) is 0 Å². The van der Waals surface area contributed by atoms with Crippen LogP contribution in [0.4, 0.5) is 5.82 Å². The summed E-state index contributed by atoms with van der Waals surface area (Å²) >= 11 is 0. The van der Waals surface area contributed by atoms with Gasteiger partial charge in [-0.05, 0) is 31.5 Å². The second kappa shape index (κ2) is 8.83. The molecule has 0 radical (unpaired) electrons. The van der Waals surface area contributed by atoms with E-state index in [4.69, 9.17) is 9.47 Å². The molecule has 0 aliphatic rings. The second-order valence-corrected chi connectivity index (χ2v) is 7.07. The Morgan fingerprint density at radius 3 is 2.48 bits per heavy atom. The molecule has 8 heteroatoms. The standard InChI is InChI=1S/C23H24N6O2/c1-15-13-29(14-24-15)19-11-10-18(26-23(19)31-4)22-20(30-3)12-21(27-28-22)25-16(2)17-8-6-5-7-9-17/h5-14,16H,1-4H3,(H,25,27)/t16-/m0/s1. The van der Waals surface area contributed by atoms with Gasteiger partial charge in [0.05, 0.1) is 38.0 Å². The molecule has 0 bridgehead atoms. The summed E-state index contributed by atoms with van der Waals surface area (Å²) in [5.74, 6) is 1.65. The molecular weight excluding hydrogens is 392 g/mol. The Kier molecular flexibility index (Phi) is 5.79. The highest BCUT2D eigenvalue weighted by Crippen LogP contribution is 2.32. The highest BCUT2D eigenvalue weighted by Gasteiger charge is 2.16. The molecule has 0 spiro atoms. The fraction of sp³-hybridized carbons (Fsp3) is 0.217. The first kappa shape index (κ1) is 20.3. The zero-order valence-corrected chi connectivity index (χ0v) is 17.9. The van der Waals surface area contributed by atoms with Crippen LogP contribution in [0.1, 0.15) is 24.2 Å². The highest BCUT2D eigenvalue weighted by atomic mass is 16.5. The minimum atomic E-state index is 0.0715. The minimum absolute atomic E-state index is 0.0715. The van der Waals surface area contributed by atoms with Gasteiger partial charge in [-0.15, -0.1) is 10.2 Å². The van der Waals surface area contributed by atoms with E-state index in [1.54, 1.807) is 20.5 Å². The number of imidazole rings is 1. The van der Waals surface area contributed by atoms with Gasteiger partial charge in [-0.3, -0.25) is 0 Å². The molecule has 0 saturated heterocycles. The summed E-state index contributed by atoms with van der Waals surface area (Å²) in [5, 5.41) is 12.1. The first-order valence-electron chi connectivity index (χ1n) is 9.88. The normalized spacial score (nSPS) is 11.7. The van der Waals surface area contributed by atoms with Gasteiger partial charge >= 0.3 is 0 Å². The molecule has 0 amide bonds. The average molecular weight is 416 g/mol. The van der Waals surface area contributed by atoms with Crippen LogP contribution < -0.4 is 14.8 Å². The first-order chi connectivity index (χ1) is 15.1. The SMILES string of the molecule is COc1cc(N[C@@H](C)c2ccccc2)nnc1-c1ccc(-n2cnc(C)c2)c(OC)n1. The lowest BCUT2D eigenvalue weighted by Crippen LogP contribution is -2.09. The topological polar surface area (TPSA) is 87.0 Å². The first-order valence-corrected chi connectivity index (χ1v) is 9.88. The van der Waals surface area contributed by atoms with Crippen molar-refractivity contribution in [3.63, 3.8) is 0 Å². The van der Waals surface area contributed by atoms with E-state index >= 15 is 0 Å². The van der Waals surface area contributed by atoms with Gasteiger partial charge < -0.3 is 19.4 Å². The van der Waals surface area contributed by atoms with E-state index in [0.717, 1.165) is 16.9 Å². The molecule has 8 nitrogen and oxygen atoms in total. The van der Waals surface area contributed by atoms with Crippen LogP contribution in [-0.4, -0.2) is 39.0 Å². The Bertz CT molecular complexity index is 1180. The lowest BCUT2D eigenvalue weighted by atomic mass is 10.1. The summed E-state index contributed by atoms with van der Waals surface area (Å²) in [7, 11) is 3.19. The number of hydrogen-bond acceptors (Lipinski definition) is 7. The van der Waals surface area contributed by atoms with Crippen LogP contribution in [0.15, 0.2) is 61.1 Å². The molecule has 0 unspecified atom stereocenters. The van der Waals surface area contributed by atoms with Crippen molar-refractivity contribution in [3.8, 4) is 28.7 Å². The fourth-order valence-corrected chi connectivity index (χ4v) is 3.29. The molecular formula is C23H24N6O2. The Morgan fingerprint density at radius 2 is 1.81 bits per heavy atom. The predicted octanol–water partition coefficient (Wildman–Crippen LogP) is 4.22. The van der Waals surface area contributed by atoms with Crippen LogP contribution in [0.25, 0.3) is 17.1 Å². The van der Waals surface area contributed by atoms with Crippen molar-refractivity contribution < 1.29 is 9.47 Å². The van der Waals surface area contributed by atoms with Crippen molar-refractivity contribution in [1.82, 2.24) is 24.7 Å². The molecule has 3 aromatic heterocycles. The molecule has 0 aliphatic heterocycles. The van der Waals surface area contributed by atoms with Crippen molar-refractivity contribution in [2.75, 3.05) is 19.5 Å². The maximum absolute atomic E-state index is 5.58. The Balaban J connectivity index is 1.63.